The van der Waals surface area contributed by atoms with Gasteiger partial charge in [0.25, 0.3) is 0 Å². The van der Waals surface area contributed by atoms with Gasteiger partial charge in [-0.15, -0.1) is 0 Å². The van der Waals surface area contributed by atoms with Crippen molar-refractivity contribution in [3.05, 3.63) is 0 Å². The molecule has 0 amide bonds. The number of hydrogen-bond acceptors (Lipinski definition) is 3. The Morgan fingerprint density at radius 3 is 0.632 bits per heavy atom. The van der Waals surface area contributed by atoms with E-state index in [1.165, 1.54) is 0 Å². The van der Waals surface area contributed by atoms with E-state index in [-0.39, 0.29) is 45.1 Å². The second-order valence-electron chi connectivity index (χ2n) is 4.48. The molecular weight excluding hydrogens is 445 g/mol. The Bertz CT molecular complexity index is 218. The number of carboxylic acids is 3. The van der Waals surface area contributed by atoms with Crippen molar-refractivity contribution in [1.82, 2.24) is 0 Å². The summed E-state index contributed by atoms with van der Waals surface area (Å²) >= 11 is 0. The van der Waals surface area contributed by atoms with E-state index in [4.69, 9.17) is 15.3 Å². The van der Waals surface area contributed by atoms with E-state index in [2.05, 4.69) is 0 Å². The summed E-state index contributed by atoms with van der Waals surface area (Å²) in [7, 11) is 0. The van der Waals surface area contributed by atoms with Crippen LogP contribution in [0.4, 0.5) is 0 Å². The Morgan fingerprint density at radius 2 is 0.632 bits per heavy atom. The molecule has 0 heterocycles. The largest absolute Gasteiger partial charge is 0.481 e. The van der Waals surface area contributed by atoms with E-state index >= 15 is 0 Å². The first-order chi connectivity index (χ1) is 7.93. The first-order valence-corrected chi connectivity index (χ1v) is 5.61. The van der Waals surface area contributed by atoms with Crippen molar-refractivity contribution in [2.45, 2.75) is 41.5 Å². The Balaban J connectivity index is -0.0000000865. The minimum Gasteiger partial charge on any atom is -0.481 e. The van der Waals surface area contributed by atoms with Crippen molar-refractivity contribution in [1.29, 1.82) is 0 Å². The summed E-state index contributed by atoms with van der Waals surface area (Å²) in [5.41, 5.74) is 0. The predicted molar refractivity (Wildman–Crippen MR) is 73.2 cm³/mol. The Labute approximate surface area is 134 Å². The molecular formula is C12H24O6Tl. The van der Waals surface area contributed by atoms with Crippen LogP contribution in [0.25, 0.3) is 0 Å². The molecule has 0 bridgehead atoms. The van der Waals surface area contributed by atoms with Gasteiger partial charge in [-0.3, -0.25) is 14.4 Å². The van der Waals surface area contributed by atoms with Crippen LogP contribution in [0.15, 0.2) is 0 Å². The summed E-state index contributed by atoms with van der Waals surface area (Å²) in [6.45, 7) is 9.85. The van der Waals surface area contributed by atoms with Crippen molar-refractivity contribution in [2.24, 2.45) is 17.8 Å². The molecule has 0 aromatic carbocycles. The summed E-state index contributed by atoms with van der Waals surface area (Å²) in [5, 5.41) is 24.0. The average molecular weight is 469 g/mol. The van der Waals surface area contributed by atoms with Crippen LogP contribution in [0.1, 0.15) is 41.5 Å². The average Bonchev–Trinajstić information content (AvgIpc) is 2.18. The Kier molecular flexibility index (Phi) is 21.7. The third-order valence-electron chi connectivity index (χ3n) is 1.48. The van der Waals surface area contributed by atoms with Crippen LogP contribution in [0, 0.1) is 17.8 Å². The molecule has 0 aliphatic rings. The first kappa shape index (κ1) is 26.8. The molecule has 0 aliphatic heterocycles. The molecule has 1 radical (unpaired) electrons. The van der Waals surface area contributed by atoms with E-state index < -0.39 is 17.9 Å². The third kappa shape index (κ3) is 31.7. The minimum absolute atomic E-state index is 0. The van der Waals surface area contributed by atoms with Gasteiger partial charge in [0.1, 0.15) is 0 Å². The van der Waals surface area contributed by atoms with Gasteiger partial charge in [0.2, 0.25) is 0 Å². The Morgan fingerprint density at radius 1 is 0.579 bits per heavy atom. The smallest absolute Gasteiger partial charge is 0.305 e. The normalized spacial score (nSPS) is 8.68. The van der Waals surface area contributed by atoms with Crippen LogP contribution in [0.2, 0.25) is 0 Å². The topological polar surface area (TPSA) is 112 Å². The number of carboxylic acid groups (broad SMARTS) is 3. The molecule has 0 fully saturated rings. The van der Waals surface area contributed by atoms with E-state index in [1.807, 2.05) is 0 Å². The fourth-order valence-electron chi connectivity index (χ4n) is 0. The van der Waals surface area contributed by atoms with E-state index in [9.17, 15) is 14.4 Å². The molecule has 0 unspecified atom stereocenters. The molecule has 0 saturated heterocycles. The number of carbonyl (C=O) groups is 3. The summed E-state index contributed by atoms with van der Waals surface area (Å²) in [6.07, 6.45) is 0. The van der Waals surface area contributed by atoms with Crippen LogP contribution in [0.5, 0.6) is 0 Å². The zero-order chi connectivity index (χ0) is 15.5. The fraction of sp³-hybridized carbons (Fsp3) is 0.750. The van der Waals surface area contributed by atoms with Crippen molar-refractivity contribution < 1.29 is 29.7 Å². The van der Waals surface area contributed by atoms with Crippen LogP contribution >= 0.6 is 0 Å². The van der Waals surface area contributed by atoms with Gasteiger partial charge in [0.05, 0.1) is 17.8 Å². The quantitative estimate of drug-likeness (QED) is 0.545. The van der Waals surface area contributed by atoms with Gasteiger partial charge >= 0.3 is 17.9 Å². The molecule has 7 heteroatoms. The predicted octanol–water partition coefficient (Wildman–Crippen LogP) is 1.80. The zero-order valence-electron chi connectivity index (χ0n) is 12.4. The monoisotopic (exact) mass is 469 g/mol. The third-order valence-corrected chi connectivity index (χ3v) is 1.48. The van der Waals surface area contributed by atoms with Crippen LogP contribution in [-0.4, -0.2) is 60.5 Å². The SMILES string of the molecule is CC(C)C(=O)O.CC(C)C(=O)O.CC(C)C(=O)O.[Tl]. The molecule has 0 atom stereocenters. The van der Waals surface area contributed by atoms with Crippen LogP contribution in [-0.2, 0) is 14.4 Å². The van der Waals surface area contributed by atoms with Gasteiger partial charge < -0.3 is 15.3 Å². The van der Waals surface area contributed by atoms with Crippen molar-refractivity contribution in [3.63, 3.8) is 0 Å². The standard InChI is InChI=1S/3C4H8O2.Tl/c3*1-3(2)4(5)6;/h3*3H,1-2H3,(H,5,6);. The maximum atomic E-state index is 9.70. The second-order valence-corrected chi connectivity index (χ2v) is 4.48. The van der Waals surface area contributed by atoms with E-state index in [1.54, 1.807) is 41.5 Å². The summed E-state index contributed by atoms with van der Waals surface area (Å²) in [4.78, 5) is 29.1. The molecule has 111 valence electrons. The van der Waals surface area contributed by atoms with Crippen molar-refractivity contribution in [3.8, 4) is 0 Å². The fourth-order valence-corrected chi connectivity index (χ4v) is 0. The number of aliphatic carboxylic acids is 3. The molecule has 0 spiro atoms. The van der Waals surface area contributed by atoms with E-state index in [0.717, 1.165) is 0 Å². The zero-order valence-corrected chi connectivity index (χ0v) is 16.9. The van der Waals surface area contributed by atoms with Crippen molar-refractivity contribution in [2.75, 3.05) is 0 Å². The summed E-state index contributed by atoms with van der Waals surface area (Å²) in [5.74, 6) is -2.92. The summed E-state index contributed by atoms with van der Waals surface area (Å²) in [6, 6.07) is 0. The van der Waals surface area contributed by atoms with E-state index in [0.29, 0.717) is 0 Å². The molecule has 0 aromatic rings. The van der Waals surface area contributed by atoms with Gasteiger partial charge in [0, 0.05) is 27.3 Å². The van der Waals surface area contributed by atoms with Gasteiger partial charge in [0.15, 0.2) is 0 Å². The number of rotatable bonds is 3. The van der Waals surface area contributed by atoms with Crippen LogP contribution in [0.3, 0.4) is 0 Å². The molecule has 0 aromatic heterocycles. The van der Waals surface area contributed by atoms with Crippen molar-refractivity contribution >= 4 is 45.2 Å². The molecule has 0 saturated carbocycles. The van der Waals surface area contributed by atoms with Gasteiger partial charge in [-0.25, -0.2) is 0 Å². The molecule has 6 nitrogen and oxygen atoms in total. The minimum atomic E-state index is -0.741. The molecule has 19 heavy (non-hydrogen) atoms. The molecule has 0 aliphatic carbocycles. The van der Waals surface area contributed by atoms with Gasteiger partial charge in [-0.05, 0) is 0 Å². The number of hydrogen-bond donors (Lipinski definition) is 3. The molecule has 0 rings (SSSR count). The maximum absolute atomic E-state index is 9.70. The maximum Gasteiger partial charge on any atom is 0.305 e. The molecule has 3 N–H and O–H groups in total. The van der Waals surface area contributed by atoms with Gasteiger partial charge in [-0.2, -0.15) is 0 Å². The van der Waals surface area contributed by atoms with Gasteiger partial charge in [-0.1, -0.05) is 41.5 Å². The summed E-state index contributed by atoms with van der Waals surface area (Å²) < 4.78 is 0. The second kappa shape index (κ2) is 15.4. The first-order valence-electron chi connectivity index (χ1n) is 5.61. The Hall–Kier alpha value is -0.668. The van der Waals surface area contributed by atoms with Crippen LogP contribution < -0.4 is 0 Å².